The fourth-order valence-electron chi connectivity index (χ4n) is 3.92. The Labute approximate surface area is 173 Å². The van der Waals surface area contributed by atoms with Crippen LogP contribution in [0.25, 0.3) is 0 Å². The molecule has 162 valence electrons. The van der Waals surface area contributed by atoms with Crippen LogP contribution in [0.3, 0.4) is 0 Å². The predicted molar refractivity (Wildman–Crippen MR) is 104 cm³/mol. The third-order valence-corrected chi connectivity index (χ3v) is 5.68. The third-order valence-electron chi connectivity index (χ3n) is 5.40. The van der Waals surface area contributed by atoms with Crippen LogP contribution in [0.15, 0.2) is 12.3 Å². The van der Waals surface area contributed by atoms with Gasteiger partial charge < -0.3 is 14.5 Å². The second-order valence-corrected chi connectivity index (χ2v) is 8.13. The Morgan fingerprint density at radius 2 is 1.79 bits per heavy atom. The molecule has 0 radical (unpaired) electrons. The van der Waals surface area contributed by atoms with Crippen molar-refractivity contribution in [3.8, 4) is 0 Å². The van der Waals surface area contributed by atoms with Crippen molar-refractivity contribution in [1.29, 1.82) is 0 Å². The number of piperazine rings is 1. The number of amides is 1. The molecule has 3 atom stereocenters. The zero-order valence-electron chi connectivity index (χ0n) is 16.7. The van der Waals surface area contributed by atoms with E-state index in [1.165, 1.54) is 0 Å². The van der Waals surface area contributed by atoms with Crippen molar-refractivity contribution in [1.82, 2.24) is 14.8 Å². The highest BCUT2D eigenvalue weighted by molar-refractivity contribution is 6.33. The Bertz CT molecular complexity index is 731. The highest BCUT2D eigenvalue weighted by Gasteiger charge is 2.34. The van der Waals surface area contributed by atoms with Crippen molar-refractivity contribution < 1.29 is 22.7 Å². The molecule has 0 saturated carbocycles. The van der Waals surface area contributed by atoms with Crippen LogP contribution in [0.1, 0.15) is 26.3 Å². The van der Waals surface area contributed by atoms with Crippen molar-refractivity contribution in [3.05, 3.63) is 22.8 Å². The summed E-state index contributed by atoms with van der Waals surface area (Å²) < 4.78 is 44.1. The molecule has 1 amide bonds. The number of rotatable bonds is 3. The lowest BCUT2D eigenvalue weighted by Crippen LogP contribution is -2.57. The molecule has 29 heavy (non-hydrogen) atoms. The number of anilines is 1. The molecule has 6 nitrogen and oxygen atoms in total. The Balaban J connectivity index is 1.59. The number of aromatic nitrogens is 1. The summed E-state index contributed by atoms with van der Waals surface area (Å²) in [6, 6.07) is 0.633. The van der Waals surface area contributed by atoms with Gasteiger partial charge in [-0.25, -0.2) is 4.98 Å². The van der Waals surface area contributed by atoms with E-state index >= 15 is 0 Å². The summed E-state index contributed by atoms with van der Waals surface area (Å²) >= 11 is 6.06. The second kappa shape index (κ2) is 8.65. The first-order valence-corrected chi connectivity index (χ1v) is 10.1. The number of halogens is 4. The Morgan fingerprint density at radius 1 is 1.21 bits per heavy atom. The van der Waals surface area contributed by atoms with Gasteiger partial charge in [-0.1, -0.05) is 11.6 Å². The number of carbonyl (C=O) groups excluding carboxylic acids is 1. The SMILES string of the molecule is C[C@@H]1CN(C(=O)[C@H](C)N2CCN(c3ncc(C(F)(F)F)cc3Cl)CC2)C[C@@H](C)O1. The van der Waals surface area contributed by atoms with Gasteiger partial charge in [-0.3, -0.25) is 9.69 Å². The van der Waals surface area contributed by atoms with Gasteiger partial charge in [0.25, 0.3) is 0 Å². The van der Waals surface area contributed by atoms with Gasteiger partial charge in [0, 0.05) is 45.5 Å². The van der Waals surface area contributed by atoms with Crippen molar-refractivity contribution in [2.24, 2.45) is 0 Å². The van der Waals surface area contributed by atoms with E-state index in [1.807, 2.05) is 30.6 Å². The van der Waals surface area contributed by atoms with E-state index in [2.05, 4.69) is 9.88 Å². The molecule has 0 N–H and O–H groups in total. The van der Waals surface area contributed by atoms with Crippen LogP contribution < -0.4 is 4.90 Å². The first-order valence-electron chi connectivity index (χ1n) is 9.72. The Morgan fingerprint density at radius 3 is 2.31 bits per heavy atom. The molecule has 0 aromatic carbocycles. The summed E-state index contributed by atoms with van der Waals surface area (Å²) in [5, 5.41) is -0.0197. The molecule has 2 saturated heterocycles. The summed E-state index contributed by atoms with van der Waals surface area (Å²) in [6.07, 6.45) is -3.64. The highest BCUT2D eigenvalue weighted by Crippen LogP contribution is 2.33. The molecule has 3 rings (SSSR count). The normalized spacial score (nSPS) is 25.2. The van der Waals surface area contributed by atoms with E-state index in [-0.39, 0.29) is 29.2 Å². The number of pyridine rings is 1. The number of nitrogens with zero attached hydrogens (tertiary/aromatic N) is 4. The molecule has 0 unspecified atom stereocenters. The minimum atomic E-state index is -4.47. The minimum absolute atomic E-state index is 0.0135. The molecule has 2 aliphatic rings. The number of alkyl halides is 3. The number of morpholine rings is 1. The van der Waals surface area contributed by atoms with E-state index in [4.69, 9.17) is 16.3 Å². The first kappa shape index (κ1) is 22.1. The molecule has 0 spiro atoms. The maximum absolute atomic E-state index is 12.9. The molecule has 2 fully saturated rings. The van der Waals surface area contributed by atoms with Crippen LogP contribution in [-0.4, -0.2) is 78.2 Å². The molecule has 0 bridgehead atoms. The first-order chi connectivity index (χ1) is 13.6. The van der Waals surface area contributed by atoms with Gasteiger partial charge >= 0.3 is 6.18 Å². The minimum Gasteiger partial charge on any atom is -0.372 e. The van der Waals surface area contributed by atoms with Crippen molar-refractivity contribution in [3.63, 3.8) is 0 Å². The van der Waals surface area contributed by atoms with E-state index in [0.29, 0.717) is 45.1 Å². The average molecular weight is 435 g/mol. The zero-order valence-corrected chi connectivity index (χ0v) is 17.5. The summed E-state index contributed by atoms with van der Waals surface area (Å²) in [6.45, 7) is 9.24. The van der Waals surface area contributed by atoms with Gasteiger partial charge in [0.15, 0.2) is 0 Å². The van der Waals surface area contributed by atoms with E-state index in [1.54, 1.807) is 0 Å². The van der Waals surface area contributed by atoms with Crippen LogP contribution >= 0.6 is 11.6 Å². The topological polar surface area (TPSA) is 48.9 Å². The largest absolute Gasteiger partial charge is 0.417 e. The number of carbonyl (C=O) groups is 1. The monoisotopic (exact) mass is 434 g/mol. The lowest BCUT2D eigenvalue weighted by Gasteiger charge is -2.41. The van der Waals surface area contributed by atoms with Gasteiger partial charge in [0.2, 0.25) is 5.91 Å². The quantitative estimate of drug-likeness (QED) is 0.732. The maximum Gasteiger partial charge on any atom is 0.417 e. The number of hydrogen-bond donors (Lipinski definition) is 0. The standard InChI is InChI=1S/C19H26ClF3N4O2/c1-12-10-27(11-13(2)29-12)18(28)14(3)25-4-6-26(7-5-25)17-16(20)8-15(9-24-17)19(21,22)23/h8-9,12-14H,4-7,10-11H2,1-3H3/t12-,13-,14+/m1/s1. The van der Waals surface area contributed by atoms with Crippen LogP contribution in [0.2, 0.25) is 5.02 Å². The molecule has 3 heterocycles. The zero-order chi connectivity index (χ0) is 21.3. The average Bonchev–Trinajstić information content (AvgIpc) is 2.65. The summed E-state index contributed by atoms with van der Waals surface area (Å²) in [7, 11) is 0. The molecule has 1 aromatic heterocycles. The fraction of sp³-hybridized carbons (Fsp3) is 0.684. The Kier molecular flexibility index (Phi) is 6.60. The fourth-order valence-corrected chi connectivity index (χ4v) is 4.20. The molecular weight excluding hydrogens is 409 g/mol. The van der Waals surface area contributed by atoms with E-state index < -0.39 is 11.7 Å². The predicted octanol–water partition coefficient (Wildman–Crippen LogP) is 2.90. The second-order valence-electron chi connectivity index (χ2n) is 7.73. The number of hydrogen-bond acceptors (Lipinski definition) is 5. The van der Waals surface area contributed by atoms with Crippen molar-refractivity contribution >= 4 is 23.3 Å². The summed E-state index contributed by atoms with van der Waals surface area (Å²) in [5.41, 5.74) is -0.863. The maximum atomic E-state index is 12.9. The molecule has 1 aromatic rings. The molecule has 0 aliphatic carbocycles. The van der Waals surface area contributed by atoms with E-state index in [9.17, 15) is 18.0 Å². The van der Waals surface area contributed by atoms with Gasteiger partial charge in [-0.15, -0.1) is 0 Å². The lowest BCUT2D eigenvalue weighted by molar-refractivity contribution is -0.148. The van der Waals surface area contributed by atoms with Crippen molar-refractivity contribution in [2.75, 3.05) is 44.2 Å². The van der Waals surface area contributed by atoms with Gasteiger partial charge in [-0.2, -0.15) is 13.2 Å². The highest BCUT2D eigenvalue weighted by atomic mass is 35.5. The third kappa shape index (κ3) is 5.13. The van der Waals surface area contributed by atoms with Crippen LogP contribution in [0.5, 0.6) is 0 Å². The van der Waals surface area contributed by atoms with Crippen molar-refractivity contribution in [2.45, 2.75) is 45.2 Å². The van der Waals surface area contributed by atoms with Gasteiger partial charge in [0.05, 0.1) is 28.8 Å². The molecule has 2 aliphatic heterocycles. The molecule has 10 heteroatoms. The molecular formula is C19H26ClF3N4O2. The lowest BCUT2D eigenvalue weighted by atomic mass is 10.1. The van der Waals surface area contributed by atoms with Gasteiger partial charge in [0.1, 0.15) is 5.82 Å². The smallest absolute Gasteiger partial charge is 0.372 e. The van der Waals surface area contributed by atoms with Crippen LogP contribution in [-0.2, 0) is 15.7 Å². The summed E-state index contributed by atoms with van der Waals surface area (Å²) in [4.78, 5) is 22.6. The van der Waals surface area contributed by atoms with Crippen LogP contribution in [0.4, 0.5) is 19.0 Å². The van der Waals surface area contributed by atoms with Crippen LogP contribution in [0, 0.1) is 0 Å². The van der Waals surface area contributed by atoms with Gasteiger partial charge in [-0.05, 0) is 26.8 Å². The Hall–Kier alpha value is -1.58. The number of ether oxygens (including phenoxy) is 1. The summed E-state index contributed by atoms with van der Waals surface area (Å²) in [5.74, 6) is 0.417. The van der Waals surface area contributed by atoms with E-state index in [0.717, 1.165) is 12.3 Å².